The van der Waals surface area contributed by atoms with E-state index in [2.05, 4.69) is 9.97 Å². The summed E-state index contributed by atoms with van der Waals surface area (Å²) in [6, 6.07) is 11.3. The van der Waals surface area contributed by atoms with Crippen LogP contribution in [0.15, 0.2) is 47.3 Å². The number of aromatic nitrogens is 2. The Kier molecular flexibility index (Phi) is 2.98. The highest BCUT2D eigenvalue weighted by Gasteiger charge is 2.09. The van der Waals surface area contributed by atoms with Crippen molar-refractivity contribution in [2.24, 2.45) is 0 Å². The Hall–Kier alpha value is -3.02. The third-order valence-corrected chi connectivity index (χ3v) is 3.29. The Morgan fingerprint density at radius 2 is 1.86 bits per heavy atom. The van der Waals surface area contributed by atoms with E-state index in [-0.39, 0.29) is 11.2 Å². The van der Waals surface area contributed by atoms with E-state index in [1.165, 1.54) is 12.1 Å². The number of nitro benzene ring substituents is 1. The molecule has 0 amide bonds. The van der Waals surface area contributed by atoms with E-state index in [0.717, 1.165) is 5.56 Å². The molecule has 1 aromatic heterocycles. The van der Waals surface area contributed by atoms with Crippen LogP contribution in [-0.4, -0.2) is 14.9 Å². The molecule has 0 saturated carbocycles. The number of fused-ring (bicyclic) bond motifs is 1. The molecule has 6 nitrogen and oxygen atoms in total. The highest BCUT2D eigenvalue weighted by Crippen LogP contribution is 2.21. The van der Waals surface area contributed by atoms with Crippen LogP contribution in [0.25, 0.3) is 22.3 Å². The van der Waals surface area contributed by atoms with Crippen molar-refractivity contribution in [1.29, 1.82) is 0 Å². The summed E-state index contributed by atoms with van der Waals surface area (Å²) in [5.41, 5.74) is 1.94. The molecule has 0 aliphatic carbocycles. The first-order chi connectivity index (χ1) is 10.1. The molecule has 3 rings (SSSR count). The van der Waals surface area contributed by atoms with Gasteiger partial charge in [-0.15, -0.1) is 0 Å². The van der Waals surface area contributed by atoms with Crippen molar-refractivity contribution in [3.8, 4) is 11.4 Å². The van der Waals surface area contributed by atoms with E-state index < -0.39 is 4.92 Å². The maximum absolute atomic E-state index is 12.1. The van der Waals surface area contributed by atoms with E-state index in [4.69, 9.17) is 0 Å². The average Bonchev–Trinajstić information content (AvgIpc) is 2.48. The lowest BCUT2D eigenvalue weighted by molar-refractivity contribution is -0.384. The molecule has 0 saturated heterocycles. The molecule has 1 N–H and O–H groups in total. The number of H-pyrrole nitrogens is 1. The van der Waals surface area contributed by atoms with Crippen LogP contribution in [0.1, 0.15) is 5.56 Å². The number of non-ortho nitro benzene ring substituents is 1. The van der Waals surface area contributed by atoms with Gasteiger partial charge in [-0.2, -0.15) is 0 Å². The summed E-state index contributed by atoms with van der Waals surface area (Å²) < 4.78 is 0. The molecule has 6 heteroatoms. The second-order valence-electron chi connectivity index (χ2n) is 4.69. The maximum atomic E-state index is 12.1. The third-order valence-electron chi connectivity index (χ3n) is 3.29. The predicted molar refractivity (Wildman–Crippen MR) is 79.2 cm³/mol. The van der Waals surface area contributed by atoms with Crippen molar-refractivity contribution in [3.63, 3.8) is 0 Å². The zero-order valence-corrected chi connectivity index (χ0v) is 11.2. The molecule has 0 radical (unpaired) electrons. The normalized spacial score (nSPS) is 10.7. The Balaban J connectivity index is 2.19. The molecule has 0 aliphatic rings. The fourth-order valence-corrected chi connectivity index (χ4v) is 2.18. The third kappa shape index (κ3) is 2.27. The minimum absolute atomic E-state index is 0.00179. The van der Waals surface area contributed by atoms with Gasteiger partial charge in [-0.3, -0.25) is 14.9 Å². The standard InChI is InChI=1S/C15H11N3O3/c1-9-3-2-4-12-13(9)16-14(17-15(12)19)10-5-7-11(8-6-10)18(20)21/h2-8H,1H3,(H,16,17,19). The zero-order chi connectivity index (χ0) is 15.0. The number of benzene rings is 2. The van der Waals surface area contributed by atoms with E-state index in [0.29, 0.717) is 22.3 Å². The van der Waals surface area contributed by atoms with Crippen molar-refractivity contribution in [2.75, 3.05) is 0 Å². The number of hydrogen-bond acceptors (Lipinski definition) is 4. The van der Waals surface area contributed by atoms with Gasteiger partial charge < -0.3 is 4.98 Å². The van der Waals surface area contributed by atoms with Gasteiger partial charge in [-0.25, -0.2) is 4.98 Å². The van der Waals surface area contributed by atoms with Crippen molar-refractivity contribution in [1.82, 2.24) is 9.97 Å². The quantitative estimate of drug-likeness (QED) is 0.577. The van der Waals surface area contributed by atoms with Gasteiger partial charge in [0.05, 0.1) is 15.8 Å². The topological polar surface area (TPSA) is 88.9 Å². The number of nitrogens with one attached hydrogen (secondary N) is 1. The highest BCUT2D eigenvalue weighted by molar-refractivity contribution is 5.82. The molecule has 0 aliphatic heterocycles. The van der Waals surface area contributed by atoms with Gasteiger partial charge in [0.1, 0.15) is 5.82 Å². The lowest BCUT2D eigenvalue weighted by atomic mass is 10.1. The Morgan fingerprint density at radius 1 is 1.14 bits per heavy atom. The minimum Gasteiger partial charge on any atom is -0.306 e. The summed E-state index contributed by atoms with van der Waals surface area (Å²) in [4.78, 5) is 29.4. The van der Waals surface area contributed by atoms with Crippen LogP contribution < -0.4 is 5.56 Å². The van der Waals surface area contributed by atoms with E-state index in [1.54, 1.807) is 24.3 Å². The van der Waals surface area contributed by atoms with Crippen LogP contribution in [0.4, 0.5) is 5.69 Å². The average molecular weight is 281 g/mol. The molecule has 0 bridgehead atoms. The lowest BCUT2D eigenvalue weighted by Crippen LogP contribution is -2.10. The number of hydrogen-bond donors (Lipinski definition) is 1. The first-order valence-corrected chi connectivity index (χ1v) is 6.31. The molecule has 2 aromatic carbocycles. The van der Waals surface area contributed by atoms with Gasteiger partial charge in [0, 0.05) is 17.7 Å². The van der Waals surface area contributed by atoms with Gasteiger partial charge in [0.25, 0.3) is 11.2 Å². The van der Waals surface area contributed by atoms with Crippen molar-refractivity contribution in [3.05, 3.63) is 68.5 Å². The molecule has 1 heterocycles. The summed E-state index contributed by atoms with van der Waals surface area (Å²) in [6.07, 6.45) is 0. The predicted octanol–water partition coefficient (Wildman–Crippen LogP) is 2.81. The molecular weight excluding hydrogens is 270 g/mol. The summed E-state index contributed by atoms with van der Waals surface area (Å²) >= 11 is 0. The minimum atomic E-state index is -0.468. The van der Waals surface area contributed by atoms with Crippen LogP contribution in [0.3, 0.4) is 0 Å². The molecule has 21 heavy (non-hydrogen) atoms. The van der Waals surface area contributed by atoms with Gasteiger partial charge in [-0.1, -0.05) is 12.1 Å². The van der Waals surface area contributed by atoms with Crippen LogP contribution in [0, 0.1) is 17.0 Å². The number of aryl methyl sites for hydroxylation is 1. The maximum Gasteiger partial charge on any atom is 0.269 e. The second kappa shape index (κ2) is 4.82. The Morgan fingerprint density at radius 3 is 2.52 bits per heavy atom. The molecular formula is C15H11N3O3. The Labute approximate surface area is 119 Å². The number of rotatable bonds is 2. The van der Waals surface area contributed by atoms with E-state index in [9.17, 15) is 14.9 Å². The number of aromatic amines is 1. The van der Waals surface area contributed by atoms with E-state index >= 15 is 0 Å². The fourth-order valence-electron chi connectivity index (χ4n) is 2.18. The molecule has 104 valence electrons. The van der Waals surface area contributed by atoms with Gasteiger partial charge >= 0.3 is 0 Å². The largest absolute Gasteiger partial charge is 0.306 e. The number of nitro groups is 1. The molecule has 3 aromatic rings. The number of para-hydroxylation sites is 1. The van der Waals surface area contributed by atoms with Crippen LogP contribution >= 0.6 is 0 Å². The van der Waals surface area contributed by atoms with Crippen LogP contribution in [0.2, 0.25) is 0 Å². The lowest BCUT2D eigenvalue weighted by Gasteiger charge is -2.05. The Bertz CT molecular complexity index is 898. The van der Waals surface area contributed by atoms with Crippen molar-refractivity contribution in [2.45, 2.75) is 6.92 Å². The second-order valence-corrected chi connectivity index (χ2v) is 4.69. The first kappa shape index (κ1) is 13.0. The zero-order valence-electron chi connectivity index (χ0n) is 11.2. The molecule has 0 unspecified atom stereocenters. The smallest absolute Gasteiger partial charge is 0.269 e. The van der Waals surface area contributed by atoms with Gasteiger partial charge in [0.2, 0.25) is 0 Å². The highest BCUT2D eigenvalue weighted by atomic mass is 16.6. The SMILES string of the molecule is Cc1cccc2c(=O)[nH]c(-c3ccc([N+](=O)[O-])cc3)nc12. The van der Waals surface area contributed by atoms with Crippen molar-refractivity contribution < 1.29 is 4.92 Å². The number of nitrogens with zero attached hydrogens (tertiary/aromatic N) is 2. The summed E-state index contributed by atoms with van der Waals surface area (Å²) in [5.74, 6) is 0.400. The van der Waals surface area contributed by atoms with Crippen molar-refractivity contribution >= 4 is 16.6 Å². The summed E-state index contributed by atoms with van der Waals surface area (Å²) in [6.45, 7) is 1.88. The molecule has 0 spiro atoms. The molecule has 0 atom stereocenters. The summed E-state index contributed by atoms with van der Waals surface area (Å²) in [5, 5.41) is 11.2. The fraction of sp³-hybridized carbons (Fsp3) is 0.0667. The van der Waals surface area contributed by atoms with Gasteiger partial charge in [-0.05, 0) is 30.7 Å². The molecule has 0 fully saturated rings. The van der Waals surface area contributed by atoms with Crippen LogP contribution in [-0.2, 0) is 0 Å². The van der Waals surface area contributed by atoms with E-state index in [1.807, 2.05) is 13.0 Å². The van der Waals surface area contributed by atoms with Crippen LogP contribution in [0.5, 0.6) is 0 Å². The summed E-state index contributed by atoms with van der Waals surface area (Å²) in [7, 11) is 0. The first-order valence-electron chi connectivity index (χ1n) is 6.31. The van der Waals surface area contributed by atoms with Gasteiger partial charge in [0.15, 0.2) is 0 Å². The monoisotopic (exact) mass is 281 g/mol.